The summed E-state index contributed by atoms with van der Waals surface area (Å²) in [6.45, 7) is 2.81. The molecule has 1 N–H and O–H groups in total. The molecule has 0 spiro atoms. The van der Waals surface area contributed by atoms with Crippen molar-refractivity contribution in [1.82, 2.24) is 10.2 Å². The second-order valence-corrected chi connectivity index (χ2v) is 5.35. The Hall–Kier alpha value is -1.34. The predicted octanol–water partition coefficient (Wildman–Crippen LogP) is 3.12. The lowest BCUT2D eigenvalue weighted by atomic mass is 9.99. The Labute approximate surface area is 127 Å². The first-order valence-electron chi connectivity index (χ1n) is 7.25. The van der Waals surface area contributed by atoms with Crippen LogP contribution < -0.4 is 10.1 Å². The first-order chi connectivity index (χ1) is 10.4. The summed E-state index contributed by atoms with van der Waals surface area (Å²) in [6.07, 6.45) is -5.10. The Kier molecular flexibility index (Phi) is 5.63. The normalized spacial score (nSPS) is 18.2. The summed E-state index contributed by atoms with van der Waals surface area (Å²) in [5, 5.41) is 3.18. The van der Waals surface area contributed by atoms with Crippen LogP contribution in [0.25, 0.3) is 0 Å². The van der Waals surface area contributed by atoms with Gasteiger partial charge >= 0.3 is 6.18 Å². The molecule has 0 aromatic heterocycles. The van der Waals surface area contributed by atoms with Gasteiger partial charge in [0.2, 0.25) is 0 Å². The van der Waals surface area contributed by atoms with Gasteiger partial charge in [-0.2, -0.15) is 13.2 Å². The highest BCUT2D eigenvalue weighted by Gasteiger charge is 2.31. The van der Waals surface area contributed by atoms with Gasteiger partial charge in [0.05, 0.1) is 7.11 Å². The van der Waals surface area contributed by atoms with Crippen LogP contribution in [0.5, 0.6) is 5.75 Å². The van der Waals surface area contributed by atoms with Crippen molar-refractivity contribution in [3.8, 4) is 5.75 Å². The molecule has 0 radical (unpaired) electrons. The zero-order valence-electron chi connectivity index (χ0n) is 12.4. The molecule has 22 heavy (non-hydrogen) atoms. The van der Waals surface area contributed by atoms with E-state index in [0.29, 0.717) is 18.7 Å². The molecule has 1 heterocycles. The summed E-state index contributed by atoms with van der Waals surface area (Å²) in [7, 11) is 1.34. The van der Waals surface area contributed by atoms with Gasteiger partial charge in [0.25, 0.3) is 0 Å². The van der Waals surface area contributed by atoms with Crippen LogP contribution in [0.15, 0.2) is 18.2 Å². The van der Waals surface area contributed by atoms with Gasteiger partial charge < -0.3 is 10.1 Å². The van der Waals surface area contributed by atoms with Gasteiger partial charge in [-0.05, 0) is 24.1 Å². The van der Waals surface area contributed by atoms with E-state index >= 15 is 0 Å². The lowest BCUT2D eigenvalue weighted by Gasteiger charge is -2.35. The maximum atomic E-state index is 13.5. The Morgan fingerprint density at radius 3 is 2.55 bits per heavy atom. The van der Waals surface area contributed by atoms with Crippen LogP contribution in [0.4, 0.5) is 17.6 Å². The van der Waals surface area contributed by atoms with Crippen molar-refractivity contribution in [3.05, 3.63) is 29.6 Å². The van der Waals surface area contributed by atoms with Crippen LogP contribution in [0, 0.1) is 5.82 Å². The van der Waals surface area contributed by atoms with Crippen LogP contribution in [0.2, 0.25) is 0 Å². The maximum Gasteiger partial charge on any atom is 0.389 e. The van der Waals surface area contributed by atoms with Crippen molar-refractivity contribution in [1.29, 1.82) is 0 Å². The monoisotopic (exact) mass is 320 g/mol. The summed E-state index contributed by atoms with van der Waals surface area (Å²) in [5.74, 6) is -0.453. The lowest BCUT2D eigenvalue weighted by Crippen LogP contribution is -2.45. The summed E-state index contributed by atoms with van der Waals surface area (Å²) in [4.78, 5) is 2.01. The van der Waals surface area contributed by atoms with E-state index in [1.807, 2.05) is 4.90 Å². The number of hydrogen-bond donors (Lipinski definition) is 1. The number of nitrogens with zero attached hydrogens (tertiary/aromatic N) is 1. The molecule has 7 heteroatoms. The molecule has 1 aromatic rings. The number of rotatable bonds is 5. The summed E-state index contributed by atoms with van der Waals surface area (Å²) in [5.41, 5.74) is 0.657. The molecule has 0 amide bonds. The fraction of sp³-hybridized carbons (Fsp3) is 0.600. The van der Waals surface area contributed by atoms with Crippen LogP contribution in [-0.2, 0) is 0 Å². The van der Waals surface area contributed by atoms with Crippen LogP contribution >= 0.6 is 0 Å². The third-order valence-corrected chi connectivity index (χ3v) is 3.85. The quantitative estimate of drug-likeness (QED) is 0.844. The van der Waals surface area contributed by atoms with Gasteiger partial charge in [-0.15, -0.1) is 0 Å². The number of ether oxygens (including phenoxy) is 1. The topological polar surface area (TPSA) is 24.5 Å². The van der Waals surface area contributed by atoms with Gasteiger partial charge in [-0.3, -0.25) is 4.90 Å². The summed E-state index contributed by atoms with van der Waals surface area (Å²) in [6, 6.07) is 3.90. The van der Waals surface area contributed by atoms with Gasteiger partial charge in [-0.25, -0.2) is 4.39 Å². The van der Waals surface area contributed by atoms with Crippen LogP contribution in [-0.4, -0.2) is 44.4 Å². The minimum Gasteiger partial charge on any atom is -0.494 e. The summed E-state index contributed by atoms with van der Waals surface area (Å²) < 4.78 is 56.2. The van der Waals surface area contributed by atoms with Crippen LogP contribution in [0.1, 0.15) is 24.4 Å². The molecule has 1 atom stereocenters. The molecule has 0 unspecified atom stereocenters. The largest absolute Gasteiger partial charge is 0.494 e. The number of methoxy groups -OCH3 is 1. The van der Waals surface area contributed by atoms with Crippen LogP contribution in [0.3, 0.4) is 0 Å². The number of alkyl halides is 3. The Morgan fingerprint density at radius 2 is 1.95 bits per heavy atom. The standard InChI is InChI=1S/C15H20F4N2O/c1-22-14-10-11(2-3-12(14)16)13(4-5-15(17,18)19)21-8-6-20-7-9-21/h2-3,10,13,20H,4-9H2,1H3/t13-/m1/s1. The van der Waals surface area contributed by atoms with Crippen molar-refractivity contribution in [2.45, 2.75) is 25.1 Å². The van der Waals surface area contributed by atoms with E-state index in [1.54, 1.807) is 6.07 Å². The maximum absolute atomic E-state index is 13.5. The van der Waals surface area contributed by atoms with Gasteiger partial charge in [-0.1, -0.05) is 6.07 Å². The van der Waals surface area contributed by atoms with Gasteiger partial charge in [0.15, 0.2) is 11.6 Å². The lowest BCUT2D eigenvalue weighted by molar-refractivity contribution is -0.138. The first-order valence-corrected chi connectivity index (χ1v) is 7.25. The number of benzene rings is 1. The van der Waals surface area contributed by atoms with E-state index in [0.717, 1.165) is 13.1 Å². The number of halogens is 4. The predicted molar refractivity (Wildman–Crippen MR) is 75.4 cm³/mol. The number of nitrogens with one attached hydrogen (secondary N) is 1. The Morgan fingerprint density at radius 1 is 1.27 bits per heavy atom. The SMILES string of the molecule is COc1cc([C@@H](CCC(F)(F)F)N2CCNCC2)ccc1F. The van der Waals surface area contributed by atoms with Gasteiger partial charge in [0, 0.05) is 38.6 Å². The molecule has 1 aliphatic heterocycles. The molecule has 0 saturated carbocycles. The number of piperazine rings is 1. The second-order valence-electron chi connectivity index (χ2n) is 5.35. The average molecular weight is 320 g/mol. The molecule has 2 rings (SSSR count). The first kappa shape index (κ1) is 17.0. The fourth-order valence-electron chi connectivity index (χ4n) is 2.74. The van der Waals surface area contributed by atoms with E-state index in [9.17, 15) is 17.6 Å². The highest BCUT2D eigenvalue weighted by molar-refractivity contribution is 5.32. The van der Waals surface area contributed by atoms with Crippen molar-refractivity contribution in [3.63, 3.8) is 0 Å². The average Bonchev–Trinajstić information content (AvgIpc) is 2.49. The zero-order chi connectivity index (χ0) is 16.2. The zero-order valence-corrected chi connectivity index (χ0v) is 12.4. The minimum atomic E-state index is -4.20. The fourth-order valence-corrected chi connectivity index (χ4v) is 2.74. The minimum absolute atomic E-state index is 0.0434. The summed E-state index contributed by atoms with van der Waals surface area (Å²) >= 11 is 0. The van der Waals surface area contributed by atoms with E-state index in [1.165, 1.54) is 19.2 Å². The molecule has 124 valence electrons. The van der Waals surface area contributed by atoms with Crippen molar-refractivity contribution >= 4 is 0 Å². The molecule has 1 aromatic carbocycles. The van der Waals surface area contributed by atoms with E-state index < -0.39 is 24.5 Å². The second kappa shape index (κ2) is 7.28. The molecule has 1 fully saturated rings. The highest BCUT2D eigenvalue weighted by atomic mass is 19.4. The highest BCUT2D eigenvalue weighted by Crippen LogP contribution is 2.33. The molecule has 0 bridgehead atoms. The molecular weight excluding hydrogens is 300 g/mol. The Bertz CT molecular complexity index is 487. The van der Waals surface area contributed by atoms with E-state index in [4.69, 9.17) is 4.74 Å². The van der Waals surface area contributed by atoms with Crippen molar-refractivity contribution in [2.24, 2.45) is 0 Å². The molecular formula is C15H20F4N2O. The number of hydrogen-bond acceptors (Lipinski definition) is 3. The third-order valence-electron chi connectivity index (χ3n) is 3.85. The molecule has 0 aliphatic carbocycles. The van der Waals surface area contributed by atoms with Gasteiger partial charge in [0.1, 0.15) is 0 Å². The molecule has 1 aliphatic rings. The smallest absolute Gasteiger partial charge is 0.389 e. The molecule has 1 saturated heterocycles. The van der Waals surface area contributed by atoms with E-state index in [2.05, 4.69) is 5.32 Å². The Balaban J connectivity index is 2.22. The third kappa shape index (κ3) is 4.58. The van der Waals surface area contributed by atoms with Crippen molar-refractivity contribution in [2.75, 3.05) is 33.3 Å². The van der Waals surface area contributed by atoms with Crippen molar-refractivity contribution < 1.29 is 22.3 Å². The molecule has 3 nitrogen and oxygen atoms in total. The van der Waals surface area contributed by atoms with E-state index in [-0.39, 0.29) is 12.2 Å².